The van der Waals surface area contributed by atoms with Crippen LogP contribution in [0.2, 0.25) is 0 Å². The number of carbonyl (C=O) groups is 2. The highest BCUT2D eigenvalue weighted by molar-refractivity contribution is 8.00. The topological polar surface area (TPSA) is 141 Å². The summed E-state index contributed by atoms with van der Waals surface area (Å²) >= 11 is 2.63. The fourth-order valence-electron chi connectivity index (χ4n) is 3.28. The van der Waals surface area contributed by atoms with Gasteiger partial charge < -0.3 is 10.6 Å². The zero-order valence-corrected chi connectivity index (χ0v) is 20.1. The smallest absolute Gasteiger partial charge is 0.234 e. The quantitative estimate of drug-likeness (QED) is 0.258. The molecule has 0 atom stereocenters. The molecule has 0 spiro atoms. The van der Waals surface area contributed by atoms with E-state index in [1.54, 1.807) is 12.4 Å². The maximum atomic E-state index is 12.2. The van der Waals surface area contributed by atoms with Crippen LogP contribution >= 0.6 is 23.5 Å². The number of nitrogens with zero attached hydrogens (tertiary/aromatic N) is 4. The van der Waals surface area contributed by atoms with Gasteiger partial charge in [-0.25, -0.2) is 0 Å². The van der Waals surface area contributed by atoms with Gasteiger partial charge in [-0.1, -0.05) is 35.7 Å². The van der Waals surface area contributed by atoms with Crippen LogP contribution in [-0.4, -0.2) is 54.1 Å². The number of amides is 2. The van der Waals surface area contributed by atoms with Gasteiger partial charge in [-0.3, -0.25) is 9.59 Å². The van der Waals surface area contributed by atoms with Crippen molar-refractivity contribution in [2.45, 2.75) is 23.9 Å². The summed E-state index contributed by atoms with van der Waals surface area (Å²) in [4.78, 5) is 24.5. The van der Waals surface area contributed by atoms with Crippen molar-refractivity contribution < 1.29 is 9.59 Å². The first-order valence-electron chi connectivity index (χ1n) is 10.3. The molecule has 4 N–H and O–H groups in total. The second-order valence-electron chi connectivity index (χ2n) is 7.35. The summed E-state index contributed by atoms with van der Waals surface area (Å²) < 4.78 is 0. The molecule has 4 rings (SSSR count). The van der Waals surface area contributed by atoms with Crippen molar-refractivity contribution in [3.63, 3.8) is 0 Å². The van der Waals surface area contributed by atoms with Gasteiger partial charge in [-0.2, -0.15) is 20.6 Å². The van der Waals surface area contributed by atoms with Crippen molar-refractivity contribution in [2.75, 3.05) is 22.1 Å². The van der Waals surface area contributed by atoms with Gasteiger partial charge >= 0.3 is 0 Å². The van der Waals surface area contributed by atoms with E-state index in [-0.39, 0.29) is 23.3 Å². The first-order chi connectivity index (χ1) is 16.5. The maximum absolute atomic E-state index is 12.2. The van der Waals surface area contributed by atoms with Crippen LogP contribution in [0.5, 0.6) is 0 Å². The fraction of sp³-hybridized carbons (Fsp3) is 0.182. The minimum absolute atomic E-state index is 0.113. The third-order valence-electron chi connectivity index (χ3n) is 4.80. The SMILES string of the molecule is Cc1cc(NC(=O)CSc2cn[nH]n2)ccc1-c1ccc(NC(=O)CSc2cn[nH]n2)cc1C. The van der Waals surface area contributed by atoms with Gasteiger partial charge in [0.1, 0.15) is 10.1 Å². The number of aromatic amines is 2. The molecule has 174 valence electrons. The van der Waals surface area contributed by atoms with E-state index in [1.807, 2.05) is 50.2 Å². The van der Waals surface area contributed by atoms with E-state index < -0.39 is 0 Å². The number of H-pyrrole nitrogens is 2. The number of hydrogen-bond acceptors (Lipinski definition) is 8. The Morgan fingerprint density at radius 1 is 0.765 bits per heavy atom. The molecule has 12 heteroatoms. The van der Waals surface area contributed by atoms with Gasteiger partial charge in [-0.05, 0) is 60.4 Å². The van der Waals surface area contributed by atoms with Crippen molar-refractivity contribution in [3.8, 4) is 11.1 Å². The Morgan fingerprint density at radius 3 is 1.56 bits per heavy atom. The lowest BCUT2D eigenvalue weighted by molar-refractivity contribution is -0.114. The summed E-state index contributed by atoms with van der Waals surface area (Å²) in [6.07, 6.45) is 3.15. The van der Waals surface area contributed by atoms with Gasteiger partial charge in [0.15, 0.2) is 0 Å². The van der Waals surface area contributed by atoms with Crippen LogP contribution in [-0.2, 0) is 9.59 Å². The predicted octanol–water partition coefficient (Wildman–Crippen LogP) is 3.67. The van der Waals surface area contributed by atoms with E-state index in [2.05, 4.69) is 41.5 Å². The molecule has 4 aromatic rings. The van der Waals surface area contributed by atoms with E-state index >= 15 is 0 Å². The number of nitrogens with one attached hydrogen (secondary N) is 4. The molecule has 2 aromatic heterocycles. The van der Waals surface area contributed by atoms with Crippen LogP contribution in [0.1, 0.15) is 11.1 Å². The van der Waals surface area contributed by atoms with Crippen LogP contribution in [0.15, 0.2) is 58.8 Å². The van der Waals surface area contributed by atoms with Crippen molar-refractivity contribution in [1.82, 2.24) is 30.8 Å². The normalized spacial score (nSPS) is 10.8. The van der Waals surface area contributed by atoms with E-state index in [0.717, 1.165) is 33.6 Å². The Morgan fingerprint density at radius 2 is 1.21 bits per heavy atom. The van der Waals surface area contributed by atoms with Crippen LogP contribution in [0.25, 0.3) is 11.1 Å². The molecule has 0 saturated carbocycles. The Kier molecular flexibility index (Phi) is 7.60. The maximum Gasteiger partial charge on any atom is 0.234 e. The number of rotatable bonds is 9. The molecule has 34 heavy (non-hydrogen) atoms. The summed E-state index contributed by atoms with van der Waals surface area (Å²) in [6.45, 7) is 4.01. The molecular formula is C22H22N8O2S2. The minimum atomic E-state index is -0.113. The second kappa shape index (κ2) is 11.0. The first-order valence-corrected chi connectivity index (χ1v) is 12.2. The Labute approximate surface area is 204 Å². The van der Waals surface area contributed by atoms with E-state index in [4.69, 9.17) is 0 Å². The standard InChI is InChI=1S/C22H22N8O2S2/c1-13-7-15(25-19(31)11-33-21-9-23-29-27-21)3-5-17(13)18-6-4-16(8-14(18)2)26-20(32)12-34-22-10-24-30-28-22/h3-10H,11-12H2,1-2H3,(H,25,31)(H,26,32)(H,23,27,29)(H,24,28,30). The lowest BCUT2D eigenvalue weighted by Crippen LogP contribution is -2.14. The summed E-state index contributed by atoms with van der Waals surface area (Å²) in [6, 6.07) is 11.7. The van der Waals surface area contributed by atoms with Crippen LogP contribution in [0, 0.1) is 13.8 Å². The summed E-state index contributed by atoms with van der Waals surface area (Å²) in [5.41, 5.74) is 5.66. The lowest BCUT2D eigenvalue weighted by atomic mass is 9.96. The Hall–Kier alpha value is -3.64. The summed E-state index contributed by atoms with van der Waals surface area (Å²) in [5, 5.41) is 27.5. The van der Waals surface area contributed by atoms with Gasteiger partial charge in [0, 0.05) is 11.4 Å². The molecule has 0 fully saturated rings. The highest BCUT2D eigenvalue weighted by Gasteiger charge is 2.11. The minimum Gasteiger partial charge on any atom is -0.325 e. The molecule has 0 aliphatic rings. The molecule has 2 heterocycles. The van der Waals surface area contributed by atoms with Crippen molar-refractivity contribution in [3.05, 3.63) is 59.9 Å². The molecule has 2 amide bonds. The van der Waals surface area contributed by atoms with Gasteiger partial charge in [0.05, 0.1) is 23.9 Å². The average Bonchev–Trinajstić information content (AvgIpc) is 3.52. The molecule has 0 radical (unpaired) electrons. The van der Waals surface area contributed by atoms with E-state index in [1.165, 1.54) is 23.5 Å². The number of hydrogen-bond donors (Lipinski definition) is 4. The third-order valence-corrected chi connectivity index (χ3v) is 6.60. The molecule has 0 aliphatic carbocycles. The highest BCUT2D eigenvalue weighted by Crippen LogP contribution is 2.30. The molecule has 0 saturated heterocycles. The zero-order chi connectivity index (χ0) is 23.9. The van der Waals surface area contributed by atoms with Crippen LogP contribution in [0.3, 0.4) is 0 Å². The lowest BCUT2D eigenvalue weighted by Gasteiger charge is -2.14. The second-order valence-corrected chi connectivity index (χ2v) is 9.34. The van der Waals surface area contributed by atoms with Crippen molar-refractivity contribution in [1.29, 1.82) is 0 Å². The van der Waals surface area contributed by atoms with Gasteiger partial charge in [-0.15, -0.1) is 10.2 Å². The number of aryl methyl sites for hydroxylation is 2. The molecule has 0 bridgehead atoms. The summed E-state index contributed by atoms with van der Waals surface area (Å²) in [5.74, 6) is 0.268. The van der Waals surface area contributed by atoms with Crippen molar-refractivity contribution >= 4 is 46.7 Å². The largest absolute Gasteiger partial charge is 0.325 e. The predicted molar refractivity (Wildman–Crippen MR) is 133 cm³/mol. The molecular weight excluding hydrogens is 472 g/mol. The molecule has 10 nitrogen and oxygen atoms in total. The number of aromatic nitrogens is 6. The number of benzene rings is 2. The van der Waals surface area contributed by atoms with Crippen LogP contribution in [0.4, 0.5) is 11.4 Å². The van der Waals surface area contributed by atoms with Crippen molar-refractivity contribution in [2.24, 2.45) is 0 Å². The monoisotopic (exact) mass is 494 g/mol. The van der Waals surface area contributed by atoms with Gasteiger partial charge in [0.25, 0.3) is 0 Å². The first kappa shape index (κ1) is 23.5. The van der Waals surface area contributed by atoms with E-state index in [9.17, 15) is 9.59 Å². The van der Waals surface area contributed by atoms with Crippen LogP contribution < -0.4 is 10.6 Å². The summed E-state index contributed by atoms with van der Waals surface area (Å²) in [7, 11) is 0. The number of anilines is 2. The molecule has 2 aromatic carbocycles. The molecule has 0 aliphatic heterocycles. The number of thioether (sulfide) groups is 2. The average molecular weight is 495 g/mol. The Balaban J connectivity index is 1.36. The number of carbonyl (C=O) groups excluding carboxylic acids is 2. The third kappa shape index (κ3) is 6.23. The van der Waals surface area contributed by atoms with Gasteiger partial charge in [0.2, 0.25) is 11.8 Å². The van der Waals surface area contributed by atoms with E-state index in [0.29, 0.717) is 10.1 Å². The molecule has 0 unspecified atom stereocenters. The highest BCUT2D eigenvalue weighted by atomic mass is 32.2. The Bertz CT molecular complexity index is 1180. The fourth-order valence-corrected chi connectivity index (χ4v) is 4.45. The zero-order valence-electron chi connectivity index (χ0n) is 18.5.